The van der Waals surface area contributed by atoms with Gasteiger partial charge in [0.05, 0.1) is 14.7 Å². The fourth-order valence-electron chi connectivity index (χ4n) is 1.45. The highest BCUT2D eigenvalue weighted by atomic mass is 32.3. The van der Waals surface area contributed by atoms with Gasteiger partial charge in [-0.25, -0.2) is 8.42 Å². The molecule has 1 aromatic rings. The van der Waals surface area contributed by atoms with E-state index >= 15 is 0 Å². The molecule has 1 aromatic carbocycles. The molecule has 0 radical (unpaired) electrons. The summed E-state index contributed by atoms with van der Waals surface area (Å²) in [5, 5.41) is 0.504. The first-order chi connectivity index (χ1) is 8.80. The van der Waals surface area contributed by atoms with E-state index in [1.54, 1.807) is 0 Å². The Morgan fingerprint density at radius 3 is 1.80 bits per heavy atom. The summed E-state index contributed by atoms with van der Waals surface area (Å²) < 4.78 is 82.4. The third-order valence-electron chi connectivity index (χ3n) is 2.34. The van der Waals surface area contributed by atoms with Gasteiger partial charge in [-0.2, -0.15) is 8.42 Å². The minimum absolute atomic E-state index is 0.152. The Bertz CT molecular complexity index is 755. The van der Waals surface area contributed by atoms with E-state index in [1.807, 2.05) is 0 Å². The molecule has 0 spiro atoms. The highest BCUT2D eigenvalue weighted by Gasteiger charge is 2.30. The van der Waals surface area contributed by atoms with Crippen LogP contribution in [0.5, 0.6) is 0 Å². The molecular formula is C9H12O8S3. The maximum atomic E-state index is 11.7. The summed E-state index contributed by atoms with van der Waals surface area (Å²) in [6.45, 7) is 4.23. The Balaban J connectivity index is 3.91. The maximum Gasteiger partial charge on any atom is 0.294 e. The minimum atomic E-state index is -4.73. The molecule has 114 valence electrons. The minimum Gasteiger partial charge on any atom is -0.304 e. The molecule has 0 amide bonds. The van der Waals surface area contributed by atoms with E-state index in [9.17, 15) is 30.5 Å². The zero-order valence-electron chi connectivity index (χ0n) is 10.1. The maximum absolute atomic E-state index is 11.7. The van der Waals surface area contributed by atoms with E-state index in [0.717, 1.165) is 6.07 Å². The van der Waals surface area contributed by atoms with Gasteiger partial charge in [-0.1, -0.05) is 6.58 Å². The summed E-state index contributed by atoms with van der Waals surface area (Å²) in [7, 11) is -13.4. The van der Waals surface area contributed by atoms with E-state index in [2.05, 4.69) is 6.58 Å². The Morgan fingerprint density at radius 1 is 0.950 bits per heavy atom. The van der Waals surface area contributed by atoms with Crippen molar-refractivity contribution in [2.75, 3.05) is 0 Å². The van der Waals surface area contributed by atoms with Gasteiger partial charge < -0.3 is 13.7 Å². The third kappa shape index (κ3) is 3.38. The van der Waals surface area contributed by atoms with Gasteiger partial charge in [0, 0.05) is 5.41 Å². The van der Waals surface area contributed by atoms with E-state index in [-0.39, 0.29) is 5.56 Å². The lowest BCUT2D eigenvalue weighted by atomic mass is 10.2. The molecule has 0 heterocycles. The van der Waals surface area contributed by atoms with Crippen LogP contribution in [-0.4, -0.2) is 35.0 Å². The summed E-state index contributed by atoms with van der Waals surface area (Å²) in [5.41, 5.74) is -0.152. The molecule has 0 aliphatic rings. The van der Waals surface area contributed by atoms with Crippen molar-refractivity contribution < 1.29 is 35.0 Å². The molecule has 0 atom stereocenters. The largest absolute Gasteiger partial charge is 0.304 e. The average Bonchev–Trinajstić information content (AvgIpc) is 2.25. The Kier molecular flexibility index (Phi) is 4.37. The SMILES string of the molecule is C=CS(=O)(=O)c1cc(C)c(S(=O)(=O)O)cc1S(O)(O)O. The molecule has 0 fully saturated rings. The highest BCUT2D eigenvalue weighted by molar-refractivity contribution is 8.19. The van der Waals surface area contributed by atoms with Crippen LogP contribution in [0.15, 0.2) is 38.8 Å². The molecule has 11 heteroatoms. The molecule has 0 saturated carbocycles. The number of sulfone groups is 1. The van der Waals surface area contributed by atoms with Crippen molar-refractivity contribution in [3.05, 3.63) is 29.7 Å². The first kappa shape index (κ1) is 17.1. The lowest BCUT2D eigenvalue weighted by molar-refractivity contribution is 0.373. The summed E-state index contributed by atoms with van der Waals surface area (Å²) in [4.78, 5) is -2.39. The first-order valence-electron chi connectivity index (χ1n) is 4.81. The van der Waals surface area contributed by atoms with Crippen LogP contribution in [0.3, 0.4) is 0 Å². The molecule has 0 unspecified atom stereocenters. The van der Waals surface area contributed by atoms with Gasteiger partial charge in [0.15, 0.2) is 0 Å². The van der Waals surface area contributed by atoms with Crippen molar-refractivity contribution in [1.29, 1.82) is 0 Å². The zero-order chi connectivity index (χ0) is 15.9. The molecule has 20 heavy (non-hydrogen) atoms. The van der Waals surface area contributed by atoms with E-state index in [4.69, 9.17) is 4.55 Å². The predicted octanol–water partition coefficient (Wildman–Crippen LogP) is 1.74. The first-order valence-corrected chi connectivity index (χ1v) is 9.30. The van der Waals surface area contributed by atoms with Crippen LogP contribution in [-0.2, 0) is 20.0 Å². The van der Waals surface area contributed by atoms with Crippen molar-refractivity contribution >= 4 is 30.8 Å². The van der Waals surface area contributed by atoms with Gasteiger partial charge in [0.1, 0.15) is 10.9 Å². The molecule has 0 bridgehead atoms. The van der Waals surface area contributed by atoms with Gasteiger partial charge in [-0.15, -0.1) is 0 Å². The predicted molar refractivity (Wildman–Crippen MR) is 72.1 cm³/mol. The van der Waals surface area contributed by atoms with Crippen LogP contribution < -0.4 is 0 Å². The molecule has 0 aliphatic heterocycles. The average molecular weight is 344 g/mol. The van der Waals surface area contributed by atoms with Gasteiger partial charge >= 0.3 is 0 Å². The highest BCUT2D eigenvalue weighted by Crippen LogP contribution is 2.48. The summed E-state index contributed by atoms with van der Waals surface area (Å²) in [6.07, 6.45) is 0. The Hall–Kier alpha value is -0.950. The number of hydrogen-bond donors (Lipinski definition) is 4. The monoisotopic (exact) mass is 344 g/mol. The number of rotatable bonds is 4. The zero-order valence-corrected chi connectivity index (χ0v) is 12.5. The molecule has 8 nitrogen and oxygen atoms in total. The normalized spacial score (nSPS) is 14.1. The summed E-state index contributed by atoms with van der Waals surface area (Å²) in [5.74, 6) is 0. The summed E-state index contributed by atoms with van der Waals surface area (Å²) in [6, 6.07) is 1.29. The van der Waals surface area contributed by atoms with Crippen LogP contribution in [0.2, 0.25) is 0 Å². The Labute approximate surface area is 117 Å². The van der Waals surface area contributed by atoms with Crippen molar-refractivity contribution in [2.45, 2.75) is 21.6 Å². The Morgan fingerprint density at radius 2 is 1.45 bits per heavy atom. The molecular weight excluding hydrogens is 332 g/mol. The second-order valence-corrected chi connectivity index (χ2v) is 8.50. The van der Waals surface area contributed by atoms with Gasteiger partial charge in [-0.3, -0.25) is 4.55 Å². The van der Waals surface area contributed by atoms with Crippen LogP contribution in [0.25, 0.3) is 0 Å². The number of hydrogen-bond acceptors (Lipinski definition) is 7. The van der Waals surface area contributed by atoms with E-state index < -0.39 is 45.5 Å². The van der Waals surface area contributed by atoms with Gasteiger partial charge in [0.25, 0.3) is 10.1 Å². The van der Waals surface area contributed by atoms with E-state index in [0.29, 0.717) is 11.5 Å². The summed E-state index contributed by atoms with van der Waals surface area (Å²) >= 11 is 0. The lowest BCUT2D eigenvalue weighted by Gasteiger charge is -2.23. The van der Waals surface area contributed by atoms with Crippen LogP contribution in [0.4, 0.5) is 0 Å². The molecule has 0 saturated heterocycles. The fourth-order valence-corrected chi connectivity index (χ4v) is 4.40. The number of benzene rings is 1. The van der Waals surface area contributed by atoms with Crippen molar-refractivity contribution in [3.63, 3.8) is 0 Å². The van der Waals surface area contributed by atoms with Crippen molar-refractivity contribution in [3.8, 4) is 0 Å². The second-order valence-electron chi connectivity index (χ2n) is 3.77. The standard InChI is InChI=1S/C9H12O8S3/c1-3-18(10,11)8-4-6(2)7(19(12,13)14)5-9(8)20(15,16)17/h3-5,15-17H,1H2,2H3,(H,12,13,14). The van der Waals surface area contributed by atoms with Crippen LogP contribution >= 0.6 is 10.9 Å². The molecule has 0 aromatic heterocycles. The van der Waals surface area contributed by atoms with Crippen molar-refractivity contribution in [2.24, 2.45) is 0 Å². The van der Waals surface area contributed by atoms with E-state index in [1.165, 1.54) is 6.92 Å². The molecule has 1 rings (SSSR count). The van der Waals surface area contributed by atoms with Crippen LogP contribution in [0.1, 0.15) is 5.56 Å². The third-order valence-corrected chi connectivity index (χ3v) is 5.78. The fraction of sp³-hybridized carbons (Fsp3) is 0.111. The quantitative estimate of drug-likeness (QED) is 0.603. The smallest absolute Gasteiger partial charge is 0.294 e. The molecule has 0 aliphatic carbocycles. The second kappa shape index (κ2) is 5.11. The topological polar surface area (TPSA) is 149 Å². The molecule has 4 N–H and O–H groups in total. The number of aryl methyl sites for hydroxylation is 1. The lowest BCUT2D eigenvalue weighted by Crippen LogP contribution is -2.10. The van der Waals surface area contributed by atoms with Gasteiger partial charge in [-0.05, 0) is 24.6 Å². The van der Waals surface area contributed by atoms with Crippen LogP contribution in [0, 0.1) is 6.92 Å². The van der Waals surface area contributed by atoms with Gasteiger partial charge in [0.2, 0.25) is 9.84 Å². The van der Waals surface area contributed by atoms with Crippen molar-refractivity contribution in [1.82, 2.24) is 0 Å².